The van der Waals surface area contributed by atoms with E-state index in [0.29, 0.717) is 25.5 Å². The van der Waals surface area contributed by atoms with E-state index in [4.69, 9.17) is 11.6 Å². The molecule has 0 unspecified atom stereocenters. The molecule has 1 aromatic carbocycles. The predicted molar refractivity (Wildman–Crippen MR) is 118 cm³/mol. The molecule has 10 heteroatoms. The molecule has 3 heterocycles. The molecule has 0 aliphatic carbocycles. The van der Waals surface area contributed by atoms with Crippen molar-refractivity contribution in [3.8, 4) is 0 Å². The smallest absolute Gasteiger partial charge is 0.353 e. The van der Waals surface area contributed by atoms with Gasteiger partial charge in [0.2, 0.25) is 0 Å². The number of hydrogen-bond donors (Lipinski definition) is 1. The molecule has 0 radical (unpaired) electrons. The van der Waals surface area contributed by atoms with Gasteiger partial charge in [-0.3, -0.25) is 4.90 Å². The van der Waals surface area contributed by atoms with Crippen molar-refractivity contribution in [1.82, 2.24) is 14.9 Å². The van der Waals surface area contributed by atoms with Gasteiger partial charge in [-0.1, -0.05) is 29.3 Å². The van der Waals surface area contributed by atoms with Crippen LogP contribution < -0.4 is 10.2 Å². The van der Waals surface area contributed by atoms with E-state index in [9.17, 15) is 13.2 Å². The van der Waals surface area contributed by atoms with Crippen LogP contribution in [0.25, 0.3) is 0 Å². The van der Waals surface area contributed by atoms with Gasteiger partial charge in [-0.05, 0) is 25.1 Å². The number of halogens is 4. The zero-order chi connectivity index (χ0) is 22.0. The fourth-order valence-corrected chi connectivity index (χ4v) is 4.37. The van der Waals surface area contributed by atoms with E-state index in [1.807, 2.05) is 41.5 Å². The summed E-state index contributed by atoms with van der Waals surface area (Å²) in [5.74, 6) is 0.396. The van der Waals surface area contributed by atoms with Gasteiger partial charge in [0.25, 0.3) is 0 Å². The van der Waals surface area contributed by atoms with Crippen LogP contribution in [0.5, 0.6) is 0 Å². The minimum atomic E-state index is -4.45. The molecule has 1 saturated heterocycles. The van der Waals surface area contributed by atoms with Gasteiger partial charge >= 0.3 is 6.18 Å². The second-order valence-electron chi connectivity index (χ2n) is 7.43. The van der Waals surface area contributed by atoms with E-state index in [2.05, 4.69) is 20.2 Å². The van der Waals surface area contributed by atoms with Crippen LogP contribution in [0.2, 0.25) is 5.02 Å². The van der Waals surface area contributed by atoms with E-state index in [0.717, 1.165) is 41.9 Å². The molecule has 5 nitrogen and oxygen atoms in total. The van der Waals surface area contributed by atoms with Gasteiger partial charge in [0.1, 0.15) is 5.82 Å². The molecule has 0 bridgehead atoms. The van der Waals surface area contributed by atoms with Gasteiger partial charge < -0.3 is 10.2 Å². The van der Waals surface area contributed by atoms with Crippen molar-refractivity contribution in [3.05, 3.63) is 63.8 Å². The Kier molecular flexibility index (Phi) is 6.36. The molecular formula is C21H21ClF3N5S. The third-order valence-corrected chi connectivity index (χ3v) is 6.15. The number of rotatable bonds is 5. The van der Waals surface area contributed by atoms with Gasteiger partial charge in [0.05, 0.1) is 16.3 Å². The predicted octanol–water partition coefficient (Wildman–Crippen LogP) is 5.58. The van der Waals surface area contributed by atoms with Crippen molar-refractivity contribution >= 4 is 39.6 Å². The molecule has 1 N–H and O–H groups in total. The number of nitrogens with one attached hydrogen (secondary N) is 1. The number of pyridine rings is 1. The van der Waals surface area contributed by atoms with Crippen LogP contribution >= 0.6 is 22.9 Å². The Labute approximate surface area is 187 Å². The summed E-state index contributed by atoms with van der Waals surface area (Å²) >= 11 is 7.64. The maximum Gasteiger partial charge on any atom is 0.417 e. The van der Waals surface area contributed by atoms with Crippen LogP contribution in [0.3, 0.4) is 0 Å². The number of alkyl halides is 3. The maximum atomic E-state index is 12.8. The molecule has 1 aliphatic rings. The summed E-state index contributed by atoms with van der Waals surface area (Å²) < 4.78 is 38.4. The number of benzene rings is 1. The lowest BCUT2D eigenvalue weighted by atomic mass is 10.2. The number of piperazine rings is 1. The molecule has 0 amide bonds. The van der Waals surface area contributed by atoms with Crippen LogP contribution in [-0.4, -0.2) is 41.0 Å². The number of aromatic nitrogens is 2. The molecule has 2 aromatic heterocycles. The standard InChI is InChI=1S/C21H21ClF3N5S/c1-14-2-4-16(5-3-14)27-20-28-17(13-31-20)12-29-6-8-30(9-7-29)19-18(22)10-15(11-26-19)21(23,24)25/h2-5,10-11,13H,6-9,12H2,1H3,(H,27,28). The Morgan fingerprint density at radius 2 is 1.84 bits per heavy atom. The first-order valence-electron chi connectivity index (χ1n) is 9.76. The maximum absolute atomic E-state index is 12.8. The molecule has 164 valence electrons. The third-order valence-electron chi connectivity index (χ3n) is 5.06. The molecular weight excluding hydrogens is 447 g/mol. The molecule has 3 aromatic rings. The highest BCUT2D eigenvalue weighted by Gasteiger charge is 2.32. The first kappa shape index (κ1) is 21.9. The van der Waals surface area contributed by atoms with Crippen LogP contribution in [0.15, 0.2) is 41.9 Å². The zero-order valence-corrected chi connectivity index (χ0v) is 18.4. The summed E-state index contributed by atoms with van der Waals surface area (Å²) in [6.45, 7) is 5.53. The molecule has 0 saturated carbocycles. The molecule has 1 aliphatic heterocycles. The lowest BCUT2D eigenvalue weighted by Crippen LogP contribution is -2.46. The van der Waals surface area contributed by atoms with Crippen molar-refractivity contribution in [2.75, 3.05) is 36.4 Å². The normalized spacial score (nSPS) is 15.3. The highest BCUT2D eigenvalue weighted by Crippen LogP contribution is 2.33. The van der Waals surface area contributed by atoms with Crippen molar-refractivity contribution in [3.63, 3.8) is 0 Å². The molecule has 0 atom stereocenters. The third kappa shape index (κ3) is 5.47. The van der Waals surface area contributed by atoms with E-state index in [1.165, 1.54) is 5.56 Å². The Balaban J connectivity index is 1.32. The summed E-state index contributed by atoms with van der Waals surface area (Å²) in [5, 5.41) is 6.22. The van der Waals surface area contributed by atoms with Gasteiger partial charge in [-0.2, -0.15) is 13.2 Å². The fraction of sp³-hybridized carbons (Fsp3) is 0.333. The average molecular weight is 468 g/mol. The fourth-order valence-electron chi connectivity index (χ4n) is 3.36. The van der Waals surface area contributed by atoms with Gasteiger partial charge in [0.15, 0.2) is 5.13 Å². The van der Waals surface area contributed by atoms with Crippen LogP contribution in [0, 0.1) is 6.92 Å². The van der Waals surface area contributed by atoms with E-state index in [-0.39, 0.29) is 5.02 Å². The van der Waals surface area contributed by atoms with Crippen molar-refractivity contribution in [2.24, 2.45) is 0 Å². The highest BCUT2D eigenvalue weighted by atomic mass is 35.5. The average Bonchev–Trinajstić information content (AvgIpc) is 3.16. The van der Waals surface area contributed by atoms with Crippen LogP contribution in [-0.2, 0) is 12.7 Å². The Bertz CT molecular complexity index is 1030. The minimum Gasteiger partial charge on any atom is -0.353 e. The molecule has 31 heavy (non-hydrogen) atoms. The SMILES string of the molecule is Cc1ccc(Nc2nc(CN3CCN(c4ncc(C(F)(F)F)cc4Cl)CC3)cs2)cc1. The number of nitrogens with zero attached hydrogens (tertiary/aromatic N) is 4. The van der Waals surface area contributed by atoms with Gasteiger partial charge in [-0.25, -0.2) is 9.97 Å². The number of anilines is 3. The van der Waals surface area contributed by atoms with Crippen molar-refractivity contribution < 1.29 is 13.2 Å². The number of hydrogen-bond acceptors (Lipinski definition) is 6. The van der Waals surface area contributed by atoms with Gasteiger partial charge in [-0.15, -0.1) is 11.3 Å². The Morgan fingerprint density at radius 1 is 1.13 bits per heavy atom. The monoisotopic (exact) mass is 467 g/mol. The second kappa shape index (κ2) is 9.02. The Hall–Kier alpha value is -2.36. The van der Waals surface area contributed by atoms with Crippen molar-refractivity contribution in [1.29, 1.82) is 0 Å². The van der Waals surface area contributed by atoms with Crippen LogP contribution in [0.4, 0.5) is 29.8 Å². The molecule has 4 rings (SSSR count). The lowest BCUT2D eigenvalue weighted by molar-refractivity contribution is -0.137. The lowest BCUT2D eigenvalue weighted by Gasteiger charge is -2.35. The van der Waals surface area contributed by atoms with E-state index >= 15 is 0 Å². The summed E-state index contributed by atoms with van der Waals surface area (Å²) in [6.07, 6.45) is -3.61. The Morgan fingerprint density at radius 3 is 2.48 bits per heavy atom. The summed E-state index contributed by atoms with van der Waals surface area (Å²) in [5.41, 5.74) is 2.36. The quantitative estimate of drug-likeness (QED) is 0.530. The molecule has 1 fully saturated rings. The largest absolute Gasteiger partial charge is 0.417 e. The first-order chi connectivity index (χ1) is 14.8. The topological polar surface area (TPSA) is 44.3 Å². The summed E-state index contributed by atoms with van der Waals surface area (Å²) in [6, 6.07) is 9.09. The number of aryl methyl sites for hydroxylation is 1. The van der Waals surface area contributed by atoms with E-state index < -0.39 is 11.7 Å². The summed E-state index contributed by atoms with van der Waals surface area (Å²) in [7, 11) is 0. The first-order valence-corrected chi connectivity index (χ1v) is 11.0. The minimum absolute atomic E-state index is 0.0228. The number of thiazole rings is 1. The molecule has 0 spiro atoms. The summed E-state index contributed by atoms with van der Waals surface area (Å²) in [4.78, 5) is 12.8. The highest BCUT2D eigenvalue weighted by molar-refractivity contribution is 7.13. The zero-order valence-electron chi connectivity index (χ0n) is 16.8. The second-order valence-corrected chi connectivity index (χ2v) is 8.69. The van der Waals surface area contributed by atoms with Gasteiger partial charge in [0, 0.05) is 50.0 Å². The van der Waals surface area contributed by atoms with E-state index in [1.54, 1.807) is 11.3 Å². The van der Waals surface area contributed by atoms with Crippen molar-refractivity contribution in [2.45, 2.75) is 19.6 Å². The van der Waals surface area contributed by atoms with Crippen LogP contribution in [0.1, 0.15) is 16.8 Å².